The average molecular weight is 368 g/mol. The van der Waals surface area contributed by atoms with Gasteiger partial charge in [0, 0.05) is 0 Å². The number of carboxylic acid groups (broad SMARTS) is 1. The van der Waals surface area contributed by atoms with Crippen molar-refractivity contribution in [2.75, 3.05) is 10.5 Å². The SMILES string of the molecule is CCCS(=O)(=O)Nc1ccc(S(=O)(=O)N[C@H](C)C(=O)O)c(F)c1. The van der Waals surface area contributed by atoms with E-state index in [1.807, 2.05) is 0 Å². The van der Waals surface area contributed by atoms with Gasteiger partial charge in [0.2, 0.25) is 20.0 Å². The van der Waals surface area contributed by atoms with Crippen molar-refractivity contribution in [3.63, 3.8) is 0 Å². The lowest BCUT2D eigenvalue weighted by Crippen LogP contribution is -2.38. The summed E-state index contributed by atoms with van der Waals surface area (Å²) < 4.78 is 64.9. The molecule has 1 aromatic carbocycles. The fourth-order valence-corrected chi connectivity index (χ4v) is 4.01. The van der Waals surface area contributed by atoms with E-state index in [0.29, 0.717) is 12.5 Å². The average Bonchev–Trinajstić information content (AvgIpc) is 2.36. The Balaban J connectivity index is 3.07. The molecule has 0 fully saturated rings. The number of sulfonamides is 2. The maximum atomic E-state index is 14.0. The molecule has 0 saturated heterocycles. The highest BCUT2D eigenvalue weighted by molar-refractivity contribution is 7.92. The molecule has 0 heterocycles. The zero-order chi connectivity index (χ0) is 17.8. The molecule has 1 rings (SSSR count). The molecule has 1 atom stereocenters. The van der Waals surface area contributed by atoms with Crippen molar-refractivity contribution in [1.82, 2.24) is 4.72 Å². The van der Waals surface area contributed by atoms with Gasteiger partial charge in [-0.15, -0.1) is 0 Å². The second-order valence-electron chi connectivity index (χ2n) is 4.75. The lowest BCUT2D eigenvalue weighted by Gasteiger charge is -2.12. The highest BCUT2D eigenvalue weighted by atomic mass is 32.2. The van der Waals surface area contributed by atoms with Gasteiger partial charge in [-0.2, -0.15) is 4.72 Å². The van der Waals surface area contributed by atoms with E-state index in [4.69, 9.17) is 5.11 Å². The van der Waals surface area contributed by atoms with E-state index in [0.717, 1.165) is 19.1 Å². The van der Waals surface area contributed by atoms with E-state index in [9.17, 15) is 26.0 Å². The highest BCUT2D eigenvalue weighted by Crippen LogP contribution is 2.20. The molecular weight excluding hydrogens is 351 g/mol. The van der Waals surface area contributed by atoms with Crippen molar-refractivity contribution in [2.24, 2.45) is 0 Å². The summed E-state index contributed by atoms with van der Waals surface area (Å²) in [7, 11) is -8.03. The van der Waals surface area contributed by atoms with Gasteiger partial charge in [-0.25, -0.2) is 21.2 Å². The zero-order valence-corrected chi connectivity index (χ0v) is 14.0. The first kappa shape index (κ1) is 19.3. The summed E-state index contributed by atoms with van der Waals surface area (Å²) in [5.41, 5.74) is -0.124. The number of hydrogen-bond donors (Lipinski definition) is 3. The quantitative estimate of drug-likeness (QED) is 0.620. The van der Waals surface area contributed by atoms with Crippen LogP contribution in [0, 0.1) is 5.82 Å². The number of carbonyl (C=O) groups is 1. The molecular formula is C12H17FN2O6S2. The number of carboxylic acids is 1. The molecule has 11 heteroatoms. The standard InChI is InChI=1S/C12H17FN2O6S2/c1-3-6-22(18,19)15-9-4-5-11(10(13)7-9)23(20,21)14-8(2)12(16)17/h4-5,7-8,14-15H,3,6H2,1-2H3,(H,16,17)/t8-/m1/s1. The zero-order valence-electron chi connectivity index (χ0n) is 12.4. The van der Waals surface area contributed by atoms with Crippen LogP contribution in [0.15, 0.2) is 23.1 Å². The molecule has 3 N–H and O–H groups in total. The van der Waals surface area contributed by atoms with Gasteiger partial charge in [-0.3, -0.25) is 9.52 Å². The van der Waals surface area contributed by atoms with Crippen LogP contribution in [-0.2, 0) is 24.8 Å². The predicted molar refractivity (Wildman–Crippen MR) is 81.5 cm³/mol. The van der Waals surface area contributed by atoms with E-state index in [-0.39, 0.29) is 11.4 Å². The van der Waals surface area contributed by atoms with Gasteiger partial charge in [0.1, 0.15) is 16.8 Å². The van der Waals surface area contributed by atoms with Crippen LogP contribution in [0.5, 0.6) is 0 Å². The van der Waals surface area contributed by atoms with Crippen LogP contribution < -0.4 is 9.44 Å². The molecule has 0 radical (unpaired) electrons. The monoisotopic (exact) mass is 368 g/mol. The first-order chi connectivity index (χ1) is 10.5. The second kappa shape index (κ2) is 7.23. The summed E-state index contributed by atoms with van der Waals surface area (Å²) in [6, 6.07) is 1.21. The smallest absolute Gasteiger partial charge is 0.321 e. The molecule has 1 aromatic rings. The lowest BCUT2D eigenvalue weighted by molar-refractivity contribution is -0.138. The maximum absolute atomic E-state index is 14.0. The van der Waals surface area contributed by atoms with Gasteiger partial charge >= 0.3 is 5.97 Å². The van der Waals surface area contributed by atoms with Crippen LogP contribution in [0.1, 0.15) is 20.3 Å². The molecule has 23 heavy (non-hydrogen) atoms. The first-order valence-corrected chi connectivity index (χ1v) is 9.67. The minimum absolute atomic E-state index is 0.124. The molecule has 130 valence electrons. The summed E-state index contributed by atoms with van der Waals surface area (Å²) >= 11 is 0. The minimum Gasteiger partial charge on any atom is -0.480 e. The van der Waals surface area contributed by atoms with Gasteiger partial charge in [0.25, 0.3) is 0 Å². The highest BCUT2D eigenvalue weighted by Gasteiger charge is 2.25. The van der Waals surface area contributed by atoms with E-state index >= 15 is 0 Å². The van der Waals surface area contributed by atoms with E-state index in [2.05, 4.69) is 4.72 Å². The van der Waals surface area contributed by atoms with Gasteiger partial charge in [-0.1, -0.05) is 6.92 Å². The summed E-state index contributed by atoms with van der Waals surface area (Å²) in [5.74, 6) is -2.78. The normalized spacial score (nSPS) is 13.5. The van der Waals surface area contributed by atoms with Crippen LogP contribution in [0.25, 0.3) is 0 Å². The van der Waals surface area contributed by atoms with Crippen LogP contribution in [0.3, 0.4) is 0 Å². The Kier molecular flexibility index (Phi) is 6.08. The third-order valence-electron chi connectivity index (χ3n) is 2.67. The third kappa shape index (κ3) is 5.44. The molecule has 0 saturated carbocycles. The number of hydrogen-bond acceptors (Lipinski definition) is 5. The molecule has 0 aliphatic carbocycles. The second-order valence-corrected chi connectivity index (χ2v) is 8.27. The number of anilines is 1. The first-order valence-electron chi connectivity index (χ1n) is 6.53. The number of rotatable bonds is 8. The molecule has 0 bridgehead atoms. The van der Waals surface area contributed by atoms with Crippen molar-refractivity contribution in [3.8, 4) is 0 Å². The molecule has 8 nitrogen and oxygen atoms in total. The van der Waals surface area contributed by atoms with Gasteiger partial charge in [-0.05, 0) is 31.5 Å². The molecule has 0 spiro atoms. The van der Waals surface area contributed by atoms with Crippen LogP contribution in [-0.4, -0.2) is 39.7 Å². The van der Waals surface area contributed by atoms with Crippen molar-refractivity contribution in [2.45, 2.75) is 31.2 Å². The van der Waals surface area contributed by atoms with Crippen molar-refractivity contribution >= 4 is 31.7 Å². The van der Waals surface area contributed by atoms with Crippen LogP contribution in [0.2, 0.25) is 0 Å². The van der Waals surface area contributed by atoms with Gasteiger partial charge < -0.3 is 5.11 Å². The molecule has 0 aliphatic heterocycles. The Hall–Kier alpha value is -1.72. The largest absolute Gasteiger partial charge is 0.480 e. The van der Waals surface area contributed by atoms with Crippen LogP contribution in [0.4, 0.5) is 10.1 Å². The van der Waals surface area contributed by atoms with Crippen molar-refractivity contribution in [3.05, 3.63) is 24.0 Å². The van der Waals surface area contributed by atoms with E-state index < -0.39 is 42.8 Å². The maximum Gasteiger partial charge on any atom is 0.321 e. The summed E-state index contributed by atoms with van der Waals surface area (Å²) in [6.07, 6.45) is 0.362. The third-order valence-corrected chi connectivity index (χ3v) is 5.74. The topological polar surface area (TPSA) is 130 Å². The lowest BCUT2D eigenvalue weighted by atomic mass is 10.3. The Morgan fingerprint density at radius 1 is 1.30 bits per heavy atom. The van der Waals surface area contributed by atoms with Crippen molar-refractivity contribution < 1.29 is 31.1 Å². The minimum atomic E-state index is -4.39. The van der Waals surface area contributed by atoms with Crippen LogP contribution >= 0.6 is 0 Å². The Morgan fingerprint density at radius 3 is 2.39 bits per heavy atom. The Bertz CT molecular complexity index is 792. The molecule has 0 aliphatic rings. The summed E-state index contributed by atoms with van der Waals surface area (Å²) in [6.45, 7) is 2.75. The Morgan fingerprint density at radius 2 is 1.91 bits per heavy atom. The predicted octanol–water partition coefficient (Wildman–Crippen LogP) is 0.729. The number of nitrogens with one attached hydrogen (secondary N) is 2. The Labute approximate surface area is 133 Å². The summed E-state index contributed by atoms with van der Waals surface area (Å²) in [4.78, 5) is 9.89. The van der Waals surface area contributed by atoms with Gasteiger partial charge in [0.15, 0.2) is 0 Å². The number of benzene rings is 1. The molecule has 0 unspecified atom stereocenters. The number of halogens is 1. The molecule has 0 aromatic heterocycles. The van der Waals surface area contributed by atoms with E-state index in [1.54, 1.807) is 11.6 Å². The fraction of sp³-hybridized carbons (Fsp3) is 0.417. The number of aliphatic carboxylic acids is 1. The fourth-order valence-electron chi connectivity index (χ4n) is 1.63. The molecule has 0 amide bonds. The van der Waals surface area contributed by atoms with Gasteiger partial charge in [0.05, 0.1) is 11.4 Å². The van der Waals surface area contributed by atoms with Crippen molar-refractivity contribution in [1.29, 1.82) is 0 Å². The van der Waals surface area contributed by atoms with E-state index in [1.165, 1.54) is 0 Å². The summed E-state index contributed by atoms with van der Waals surface area (Å²) in [5, 5.41) is 8.69.